The molecule has 4 nitrogen and oxygen atoms in total. The number of thiophene rings is 1. The van der Waals surface area contributed by atoms with Crippen molar-refractivity contribution < 1.29 is 4.79 Å². The molecule has 0 saturated carbocycles. The minimum Gasteiger partial charge on any atom is -0.397 e. The van der Waals surface area contributed by atoms with Crippen LogP contribution in [0.4, 0.5) is 5.69 Å². The van der Waals surface area contributed by atoms with Crippen LogP contribution in [-0.2, 0) is 0 Å². The Hall–Kier alpha value is -1.30. The van der Waals surface area contributed by atoms with Crippen molar-refractivity contribution >= 4 is 44.6 Å². The Morgan fingerprint density at radius 3 is 2.86 bits per heavy atom. The molecule has 2 heterocycles. The van der Waals surface area contributed by atoms with Crippen LogP contribution in [-0.4, -0.2) is 37.0 Å². The molecule has 6 heteroatoms. The fourth-order valence-corrected chi connectivity index (χ4v) is 4.15. The summed E-state index contributed by atoms with van der Waals surface area (Å²) in [6.45, 7) is 1.92. The Morgan fingerprint density at radius 2 is 2.14 bits per heavy atom. The second-order valence-corrected chi connectivity index (χ2v) is 6.87. The number of piperidine rings is 1. The van der Waals surface area contributed by atoms with Crippen molar-refractivity contribution in [2.75, 3.05) is 25.9 Å². The van der Waals surface area contributed by atoms with Crippen LogP contribution in [0.2, 0.25) is 5.02 Å². The molecule has 21 heavy (non-hydrogen) atoms. The molecule has 3 rings (SSSR count). The number of benzene rings is 1. The molecular formula is C15H18ClN3OS. The van der Waals surface area contributed by atoms with E-state index in [9.17, 15) is 4.79 Å². The molecule has 1 aromatic heterocycles. The number of halogens is 1. The number of amides is 1. The lowest BCUT2D eigenvalue weighted by Crippen LogP contribution is -2.43. The maximum absolute atomic E-state index is 12.7. The molecule has 112 valence electrons. The van der Waals surface area contributed by atoms with Crippen LogP contribution in [0.15, 0.2) is 18.2 Å². The summed E-state index contributed by atoms with van der Waals surface area (Å²) in [6.07, 6.45) is 1.97. The first kappa shape index (κ1) is 14.6. The SMILES string of the molecule is CN(C(=O)c1sc2cc(Cl)ccc2c1N)C1CCNCC1. The van der Waals surface area contributed by atoms with Gasteiger partial charge in [0.1, 0.15) is 4.88 Å². The third-order valence-corrected chi connectivity index (χ3v) is 5.45. The van der Waals surface area contributed by atoms with Gasteiger partial charge >= 0.3 is 0 Å². The van der Waals surface area contributed by atoms with Gasteiger partial charge in [0.05, 0.1) is 5.69 Å². The highest BCUT2D eigenvalue weighted by Crippen LogP contribution is 2.36. The van der Waals surface area contributed by atoms with Crippen molar-refractivity contribution in [1.29, 1.82) is 0 Å². The van der Waals surface area contributed by atoms with Crippen LogP contribution in [0.3, 0.4) is 0 Å². The molecule has 0 bridgehead atoms. The molecule has 0 atom stereocenters. The van der Waals surface area contributed by atoms with E-state index in [4.69, 9.17) is 17.3 Å². The number of rotatable bonds is 2. The predicted molar refractivity (Wildman–Crippen MR) is 89.2 cm³/mol. The maximum atomic E-state index is 12.7. The monoisotopic (exact) mass is 323 g/mol. The Kier molecular flexibility index (Phi) is 4.06. The van der Waals surface area contributed by atoms with Gasteiger partial charge in [0.15, 0.2) is 0 Å². The highest BCUT2D eigenvalue weighted by Gasteiger charge is 2.26. The van der Waals surface area contributed by atoms with Gasteiger partial charge in [0.2, 0.25) is 0 Å². The van der Waals surface area contributed by atoms with Gasteiger partial charge in [-0.05, 0) is 44.1 Å². The van der Waals surface area contributed by atoms with Gasteiger partial charge in [0.25, 0.3) is 5.91 Å². The van der Waals surface area contributed by atoms with Crippen molar-refractivity contribution in [3.8, 4) is 0 Å². The van der Waals surface area contributed by atoms with E-state index < -0.39 is 0 Å². The number of fused-ring (bicyclic) bond motifs is 1. The van der Waals surface area contributed by atoms with Crippen molar-refractivity contribution in [2.24, 2.45) is 0 Å². The molecule has 1 aliphatic rings. The summed E-state index contributed by atoms with van der Waals surface area (Å²) >= 11 is 7.43. The number of hydrogen-bond acceptors (Lipinski definition) is 4. The second kappa shape index (κ2) is 5.83. The lowest BCUT2D eigenvalue weighted by atomic mass is 10.1. The molecule has 0 unspecified atom stereocenters. The second-order valence-electron chi connectivity index (χ2n) is 5.38. The number of carbonyl (C=O) groups is 1. The summed E-state index contributed by atoms with van der Waals surface area (Å²) in [5.74, 6) is 0.0109. The van der Waals surface area contributed by atoms with Crippen LogP contribution < -0.4 is 11.1 Å². The van der Waals surface area contributed by atoms with Crippen molar-refractivity contribution in [1.82, 2.24) is 10.2 Å². The van der Waals surface area contributed by atoms with Gasteiger partial charge < -0.3 is 16.0 Å². The fourth-order valence-electron chi connectivity index (χ4n) is 2.77. The van der Waals surface area contributed by atoms with E-state index in [0.717, 1.165) is 36.0 Å². The van der Waals surface area contributed by atoms with E-state index in [-0.39, 0.29) is 11.9 Å². The molecule has 0 radical (unpaired) electrons. The summed E-state index contributed by atoms with van der Waals surface area (Å²) in [4.78, 5) is 15.2. The van der Waals surface area contributed by atoms with E-state index in [0.29, 0.717) is 15.6 Å². The minimum atomic E-state index is 0.0109. The van der Waals surface area contributed by atoms with Gasteiger partial charge in [-0.1, -0.05) is 11.6 Å². The molecule has 1 amide bonds. The molecule has 3 N–H and O–H groups in total. The van der Waals surface area contributed by atoms with Crippen LogP contribution >= 0.6 is 22.9 Å². The van der Waals surface area contributed by atoms with E-state index in [1.165, 1.54) is 11.3 Å². The maximum Gasteiger partial charge on any atom is 0.266 e. The molecule has 0 spiro atoms. The minimum absolute atomic E-state index is 0.0109. The number of nitrogens with two attached hydrogens (primary N) is 1. The highest BCUT2D eigenvalue weighted by molar-refractivity contribution is 7.21. The van der Waals surface area contributed by atoms with Crippen LogP contribution in [0, 0.1) is 0 Å². The Labute approximate surface area is 132 Å². The first-order chi connectivity index (χ1) is 10.1. The Morgan fingerprint density at radius 1 is 1.43 bits per heavy atom. The molecule has 1 aliphatic heterocycles. The summed E-state index contributed by atoms with van der Waals surface area (Å²) in [5.41, 5.74) is 6.73. The lowest BCUT2D eigenvalue weighted by Gasteiger charge is -2.31. The van der Waals surface area contributed by atoms with Crippen LogP contribution in [0.5, 0.6) is 0 Å². The van der Waals surface area contributed by atoms with Crippen LogP contribution in [0.25, 0.3) is 10.1 Å². The normalized spacial score (nSPS) is 16.3. The van der Waals surface area contributed by atoms with Gasteiger partial charge in [0, 0.05) is 28.2 Å². The molecule has 1 fully saturated rings. The van der Waals surface area contributed by atoms with Crippen molar-refractivity contribution in [3.63, 3.8) is 0 Å². The molecule has 2 aromatic rings. The van der Waals surface area contributed by atoms with Crippen molar-refractivity contribution in [2.45, 2.75) is 18.9 Å². The zero-order chi connectivity index (χ0) is 15.0. The Balaban J connectivity index is 1.91. The highest BCUT2D eigenvalue weighted by atomic mass is 35.5. The lowest BCUT2D eigenvalue weighted by molar-refractivity contribution is 0.0709. The number of nitrogens with zero attached hydrogens (tertiary/aromatic N) is 1. The third-order valence-electron chi connectivity index (χ3n) is 4.06. The zero-order valence-corrected chi connectivity index (χ0v) is 13.4. The quantitative estimate of drug-likeness (QED) is 0.893. The average molecular weight is 324 g/mol. The van der Waals surface area contributed by atoms with Crippen LogP contribution in [0.1, 0.15) is 22.5 Å². The van der Waals surface area contributed by atoms with Gasteiger partial charge in [-0.25, -0.2) is 0 Å². The standard InChI is InChI=1S/C15H18ClN3OS/c1-19(10-4-6-18-7-5-10)15(20)14-13(17)11-3-2-9(16)8-12(11)21-14/h2-3,8,10,18H,4-7,17H2,1H3. The number of carbonyl (C=O) groups excluding carboxylic acids is 1. The first-order valence-corrected chi connectivity index (χ1v) is 8.23. The molecular weight excluding hydrogens is 306 g/mol. The predicted octanol–water partition coefficient (Wildman–Crippen LogP) is 2.96. The van der Waals surface area contributed by atoms with Gasteiger partial charge in [-0.15, -0.1) is 11.3 Å². The topological polar surface area (TPSA) is 58.4 Å². The molecule has 1 saturated heterocycles. The third kappa shape index (κ3) is 2.73. The Bertz CT molecular complexity index is 679. The summed E-state index contributed by atoms with van der Waals surface area (Å²) in [7, 11) is 1.87. The van der Waals surface area contributed by atoms with Crippen molar-refractivity contribution in [3.05, 3.63) is 28.1 Å². The summed E-state index contributed by atoms with van der Waals surface area (Å²) < 4.78 is 0.960. The average Bonchev–Trinajstić information content (AvgIpc) is 2.83. The number of nitrogens with one attached hydrogen (secondary N) is 1. The fraction of sp³-hybridized carbons (Fsp3) is 0.400. The van der Waals surface area contributed by atoms with E-state index in [1.807, 2.05) is 24.1 Å². The summed E-state index contributed by atoms with van der Waals surface area (Å²) in [6, 6.07) is 5.83. The number of anilines is 1. The summed E-state index contributed by atoms with van der Waals surface area (Å²) in [5, 5.41) is 4.88. The molecule has 0 aliphatic carbocycles. The number of hydrogen-bond donors (Lipinski definition) is 2. The van der Waals surface area contributed by atoms with E-state index in [1.54, 1.807) is 6.07 Å². The van der Waals surface area contributed by atoms with E-state index >= 15 is 0 Å². The van der Waals surface area contributed by atoms with Gasteiger partial charge in [-0.3, -0.25) is 4.79 Å². The first-order valence-electron chi connectivity index (χ1n) is 7.03. The number of nitrogen functional groups attached to an aromatic ring is 1. The largest absolute Gasteiger partial charge is 0.397 e. The van der Waals surface area contributed by atoms with Gasteiger partial charge in [-0.2, -0.15) is 0 Å². The zero-order valence-electron chi connectivity index (χ0n) is 11.9. The van der Waals surface area contributed by atoms with E-state index in [2.05, 4.69) is 5.32 Å². The smallest absolute Gasteiger partial charge is 0.266 e. The molecule has 1 aromatic carbocycles.